The monoisotopic (exact) mass is 401 g/mol. The molecule has 0 bridgehead atoms. The van der Waals surface area contributed by atoms with Gasteiger partial charge in [-0.3, -0.25) is 19.1 Å². The molecule has 1 heterocycles. The Bertz CT molecular complexity index is 702. The number of aromatic hydroxyl groups is 1. The van der Waals surface area contributed by atoms with Crippen LogP contribution in [0.25, 0.3) is 0 Å². The molecule has 1 aliphatic heterocycles. The number of nitrogens with two attached hydrogens (primary N) is 1. The molecule has 27 heavy (non-hydrogen) atoms. The van der Waals surface area contributed by atoms with E-state index in [1.54, 1.807) is 24.3 Å². The number of hydrogen-bond donors (Lipinski definition) is 3. The molecule has 10 heteroatoms. The SMILES string of the molecule is N[C@@H](Cc1ccc(O)cc1)C(=O)OCCN1CCN(CCS(=O)(=O)O)CC1. The summed E-state index contributed by atoms with van der Waals surface area (Å²) in [7, 11) is -3.93. The van der Waals surface area contributed by atoms with Crippen molar-refractivity contribution in [2.24, 2.45) is 5.73 Å². The lowest BCUT2D eigenvalue weighted by atomic mass is 10.1. The normalized spacial score (nSPS) is 17.6. The fraction of sp³-hybridized carbons (Fsp3) is 0.588. The molecular weight excluding hydrogens is 374 g/mol. The van der Waals surface area contributed by atoms with E-state index < -0.39 is 22.1 Å². The van der Waals surface area contributed by atoms with Crippen molar-refractivity contribution < 1.29 is 27.6 Å². The first kappa shape index (κ1) is 21.6. The zero-order valence-corrected chi connectivity index (χ0v) is 16.0. The maximum absolute atomic E-state index is 12.0. The number of rotatable bonds is 9. The number of carbonyl (C=O) groups excluding carboxylic acids is 1. The Balaban J connectivity index is 1.62. The fourth-order valence-electron chi connectivity index (χ4n) is 2.83. The van der Waals surface area contributed by atoms with Gasteiger partial charge in [-0.05, 0) is 24.1 Å². The lowest BCUT2D eigenvalue weighted by Gasteiger charge is -2.34. The Morgan fingerprint density at radius 1 is 1.11 bits per heavy atom. The molecule has 0 saturated carbocycles. The summed E-state index contributed by atoms with van der Waals surface area (Å²) in [6, 6.07) is 5.76. The van der Waals surface area contributed by atoms with Gasteiger partial charge in [0.1, 0.15) is 18.4 Å². The second kappa shape index (κ2) is 10.00. The van der Waals surface area contributed by atoms with Gasteiger partial charge in [0.2, 0.25) is 0 Å². The smallest absolute Gasteiger partial charge is 0.323 e. The van der Waals surface area contributed by atoms with Gasteiger partial charge in [-0.2, -0.15) is 8.42 Å². The number of nitrogens with zero attached hydrogens (tertiary/aromatic N) is 2. The molecule has 0 unspecified atom stereocenters. The molecule has 1 aromatic rings. The highest BCUT2D eigenvalue weighted by Crippen LogP contribution is 2.11. The van der Waals surface area contributed by atoms with Crippen LogP contribution in [-0.4, -0.2) is 91.5 Å². The molecule has 152 valence electrons. The quantitative estimate of drug-likeness (QED) is 0.363. The molecule has 0 radical (unpaired) electrons. The van der Waals surface area contributed by atoms with Gasteiger partial charge in [0.15, 0.2) is 0 Å². The molecule has 9 nitrogen and oxygen atoms in total. The largest absolute Gasteiger partial charge is 0.508 e. The van der Waals surface area contributed by atoms with Crippen molar-refractivity contribution in [2.45, 2.75) is 12.5 Å². The summed E-state index contributed by atoms with van der Waals surface area (Å²) >= 11 is 0. The molecule has 4 N–H and O–H groups in total. The van der Waals surface area contributed by atoms with Crippen LogP contribution in [0.4, 0.5) is 0 Å². The lowest BCUT2D eigenvalue weighted by Crippen LogP contribution is -2.48. The van der Waals surface area contributed by atoms with Crippen molar-refractivity contribution in [3.63, 3.8) is 0 Å². The van der Waals surface area contributed by atoms with E-state index in [1.165, 1.54) is 0 Å². The summed E-state index contributed by atoms with van der Waals surface area (Å²) in [6.07, 6.45) is 0.339. The van der Waals surface area contributed by atoms with E-state index >= 15 is 0 Å². The van der Waals surface area contributed by atoms with Gasteiger partial charge in [-0.1, -0.05) is 12.1 Å². The third kappa shape index (κ3) is 8.22. The first-order chi connectivity index (χ1) is 12.7. The van der Waals surface area contributed by atoms with Crippen molar-refractivity contribution in [1.82, 2.24) is 9.80 Å². The zero-order valence-electron chi connectivity index (χ0n) is 15.2. The Morgan fingerprint density at radius 2 is 1.67 bits per heavy atom. The highest BCUT2D eigenvalue weighted by molar-refractivity contribution is 7.85. The van der Waals surface area contributed by atoms with Crippen molar-refractivity contribution in [3.8, 4) is 5.75 Å². The predicted molar refractivity (Wildman–Crippen MR) is 100 cm³/mol. The Labute approximate surface area is 159 Å². The highest BCUT2D eigenvalue weighted by atomic mass is 32.2. The van der Waals surface area contributed by atoms with Gasteiger partial charge in [0.25, 0.3) is 10.1 Å². The summed E-state index contributed by atoms with van der Waals surface area (Å²) in [5.74, 6) is -0.563. The minimum absolute atomic E-state index is 0.160. The maximum Gasteiger partial charge on any atom is 0.323 e. The number of piperazine rings is 1. The summed E-state index contributed by atoms with van der Waals surface area (Å²) in [5, 5.41) is 9.25. The van der Waals surface area contributed by atoms with Gasteiger partial charge in [0, 0.05) is 39.3 Å². The van der Waals surface area contributed by atoms with E-state index in [0.717, 1.165) is 18.7 Å². The van der Waals surface area contributed by atoms with Gasteiger partial charge in [-0.25, -0.2) is 0 Å². The topological polar surface area (TPSA) is 133 Å². The van der Waals surface area contributed by atoms with E-state index in [4.69, 9.17) is 15.0 Å². The van der Waals surface area contributed by atoms with Crippen LogP contribution in [0, 0.1) is 0 Å². The average molecular weight is 401 g/mol. The Hall–Kier alpha value is -1.72. The fourth-order valence-corrected chi connectivity index (χ4v) is 3.32. The molecule has 1 atom stereocenters. The van der Waals surface area contributed by atoms with Crippen LogP contribution in [0.1, 0.15) is 5.56 Å². The van der Waals surface area contributed by atoms with Crippen LogP contribution >= 0.6 is 0 Å². The Kier molecular flexibility index (Phi) is 7.99. The summed E-state index contributed by atoms with van der Waals surface area (Å²) < 4.78 is 35.6. The third-order valence-electron chi connectivity index (χ3n) is 4.48. The van der Waals surface area contributed by atoms with Gasteiger partial charge < -0.3 is 15.6 Å². The molecule has 2 rings (SSSR count). The van der Waals surface area contributed by atoms with Crippen molar-refractivity contribution in [2.75, 3.05) is 51.6 Å². The second-order valence-corrected chi connectivity index (χ2v) is 8.19. The summed E-state index contributed by atoms with van der Waals surface area (Å²) in [4.78, 5) is 16.1. The number of phenols is 1. The van der Waals surface area contributed by atoms with E-state index in [-0.39, 0.29) is 18.1 Å². The lowest BCUT2D eigenvalue weighted by molar-refractivity contribution is -0.145. The zero-order chi connectivity index (χ0) is 19.9. The van der Waals surface area contributed by atoms with Crippen LogP contribution in [0.3, 0.4) is 0 Å². The summed E-state index contributed by atoms with van der Waals surface area (Å²) in [5.41, 5.74) is 6.71. The van der Waals surface area contributed by atoms with Crippen LogP contribution < -0.4 is 5.73 Å². The van der Waals surface area contributed by atoms with Crippen LogP contribution in [-0.2, 0) is 26.1 Å². The molecule has 1 aliphatic rings. The number of esters is 1. The first-order valence-corrected chi connectivity index (χ1v) is 10.4. The maximum atomic E-state index is 12.0. The standard InChI is InChI=1S/C17H27N3O6S/c18-16(13-14-1-3-15(21)4-2-14)17(22)26-11-9-19-5-7-20(8-6-19)10-12-27(23,24)25/h1-4,16,21H,5-13,18H2,(H,23,24,25)/t16-/m0/s1. The predicted octanol–water partition coefficient (Wildman–Crippen LogP) is -0.689. The molecule has 1 saturated heterocycles. The number of ether oxygens (including phenoxy) is 1. The van der Waals surface area contributed by atoms with E-state index in [1.807, 2.05) is 4.90 Å². The minimum Gasteiger partial charge on any atom is -0.508 e. The average Bonchev–Trinajstić information content (AvgIpc) is 2.62. The van der Waals surface area contributed by atoms with Gasteiger partial charge in [0.05, 0.1) is 5.75 Å². The minimum atomic E-state index is -3.93. The van der Waals surface area contributed by atoms with E-state index in [9.17, 15) is 18.3 Å². The third-order valence-corrected chi connectivity index (χ3v) is 5.18. The number of benzene rings is 1. The number of hydrogen-bond acceptors (Lipinski definition) is 8. The number of phenolic OH excluding ortho intramolecular Hbond substituents is 1. The van der Waals surface area contributed by atoms with Crippen molar-refractivity contribution in [1.29, 1.82) is 0 Å². The molecule has 0 aromatic heterocycles. The number of carbonyl (C=O) groups is 1. The molecule has 1 fully saturated rings. The second-order valence-electron chi connectivity index (χ2n) is 6.61. The van der Waals surface area contributed by atoms with Crippen LogP contribution in [0.2, 0.25) is 0 Å². The molecule has 0 aliphatic carbocycles. The van der Waals surface area contributed by atoms with Crippen LogP contribution in [0.15, 0.2) is 24.3 Å². The van der Waals surface area contributed by atoms with E-state index in [2.05, 4.69) is 4.90 Å². The van der Waals surface area contributed by atoms with Crippen molar-refractivity contribution in [3.05, 3.63) is 29.8 Å². The molecule has 0 amide bonds. The van der Waals surface area contributed by atoms with E-state index in [0.29, 0.717) is 32.6 Å². The van der Waals surface area contributed by atoms with Crippen LogP contribution in [0.5, 0.6) is 5.75 Å². The van der Waals surface area contributed by atoms with Gasteiger partial charge >= 0.3 is 5.97 Å². The molecule has 0 spiro atoms. The van der Waals surface area contributed by atoms with Crippen molar-refractivity contribution >= 4 is 16.1 Å². The summed E-state index contributed by atoms with van der Waals surface area (Å²) in [6.45, 7) is 4.02. The molecular formula is C17H27N3O6S. The Morgan fingerprint density at radius 3 is 2.22 bits per heavy atom. The highest BCUT2D eigenvalue weighted by Gasteiger charge is 2.20. The first-order valence-electron chi connectivity index (χ1n) is 8.83. The van der Waals surface area contributed by atoms with Gasteiger partial charge in [-0.15, -0.1) is 0 Å². The molecule has 1 aromatic carbocycles.